The van der Waals surface area contributed by atoms with E-state index < -0.39 is 0 Å². The van der Waals surface area contributed by atoms with Crippen molar-refractivity contribution in [2.24, 2.45) is 0 Å². The van der Waals surface area contributed by atoms with Crippen LogP contribution in [-0.4, -0.2) is 81.0 Å². The maximum Gasteiger partial charge on any atom is 0.245 e. The van der Waals surface area contributed by atoms with Gasteiger partial charge >= 0.3 is 0 Å². The molecular formula is C17H21N9OS. The zero-order chi connectivity index (χ0) is 18.8. The van der Waals surface area contributed by atoms with Gasteiger partial charge in [-0.1, -0.05) is 0 Å². The van der Waals surface area contributed by atoms with Gasteiger partial charge in [-0.25, -0.2) is 24.6 Å². The Balaban J connectivity index is 1.44. The first-order chi connectivity index (χ1) is 13.9. The molecule has 2 fully saturated rings. The summed E-state index contributed by atoms with van der Waals surface area (Å²) in [6.45, 7) is 5.37. The van der Waals surface area contributed by atoms with Crippen molar-refractivity contribution < 1.29 is 4.63 Å². The van der Waals surface area contributed by atoms with E-state index in [1.54, 1.807) is 12.4 Å². The van der Waals surface area contributed by atoms with Gasteiger partial charge in [-0.15, -0.1) is 0 Å². The van der Waals surface area contributed by atoms with E-state index in [9.17, 15) is 0 Å². The molecule has 0 aromatic carbocycles. The number of fused-ring (bicyclic) bond motifs is 1. The lowest BCUT2D eigenvalue weighted by Crippen LogP contribution is -2.37. The van der Waals surface area contributed by atoms with E-state index in [1.165, 1.54) is 0 Å². The Morgan fingerprint density at radius 2 is 1.36 bits per heavy atom. The van der Waals surface area contributed by atoms with E-state index >= 15 is 0 Å². The summed E-state index contributed by atoms with van der Waals surface area (Å²) in [7, 11) is 0. The van der Waals surface area contributed by atoms with Crippen LogP contribution in [0.4, 0.5) is 17.6 Å². The predicted molar refractivity (Wildman–Crippen MR) is 108 cm³/mol. The van der Waals surface area contributed by atoms with E-state index in [-0.39, 0.29) is 0 Å². The fraction of sp³-hybridized carbons (Fsp3) is 0.529. The van der Waals surface area contributed by atoms with E-state index in [4.69, 9.17) is 14.6 Å². The average molecular weight is 399 g/mol. The minimum absolute atomic E-state index is 0.456. The lowest BCUT2D eigenvalue weighted by atomic mass is 10.3. The zero-order valence-electron chi connectivity index (χ0n) is 15.4. The molecule has 10 nitrogen and oxygen atoms in total. The van der Waals surface area contributed by atoms with Crippen LogP contribution >= 0.6 is 11.8 Å². The molecule has 2 aliphatic heterocycles. The summed E-state index contributed by atoms with van der Waals surface area (Å²) in [6, 6.07) is 1.84. The van der Waals surface area contributed by atoms with Crippen molar-refractivity contribution in [2.75, 3.05) is 65.5 Å². The molecule has 11 heteroatoms. The van der Waals surface area contributed by atoms with E-state index in [2.05, 4.69) is 35.0 Å². The second-order valence-corrected chi connectivity index (χ2v) is 7.98. The van der Waals surface area contributed by atoms with Gasteiger partial charge in [-0.2, -0.15) is 11.8 Å². The third-order valence-corrected chi connectivity index (χ3v) is 5.96. The molecule has 0 unspecified atom stereocenters. The molecule has 3 aromatic rings. The van der Waals surface area contributed by atoms with Crippen molar-refractivity contribution in [3.63, 3.8) is 0 Å². The first kappa shape index (κ1) is 17.4. The Morgan fingerprint density at radius 1 is 0.750 bits per heavy atom. The van der Waals surface area contributed by atoms with Crippen LogP contribution in [0.5, 0.6) is 0 Å². The minimum atomic E-state index is 0.456. The molecule has 3 aromatic heterocycles. The van der Waals surface area contributed by atoms with Gasteiger partial charge in [0.05, 0.1) is 0 Å². The molecule has 0 N–H and O–H groups in total. The highest BCUT2D eigenvalue weighted by Crippen LogP contribution is 2.30. The molecule has 0 bridgehead atoms. The molecule has 0 radical (unpaired) electrons. The SMILES string of the molecule is c1cnc(N2CCCN(c3nc4nonc4nc3N3CCSCC3)CC2)nc1. The molecule has 5 rings (SSSR count). The van der Waals surface area contributed by atoms with Crippen LogP contribution in [0.15, 0.2) is 23.1 Å². The van der Waals surface area contributed by atoms with E-state index in [0.29, 0.717) is 11.3 Å². The highest BCUT2D eigenvalue weighted by atomic mass is 32.2. The highest BCUT2D eigenvalue weighted by Gasteiger charge is 2.26. The van der Waals surface area contributed by atoms with E-state index in [0.717, 1.165) is 74.8 Å². The van der Waals surface area contributed by atoms with Gasteiger partial charge in [0.25, 0.3) is 0 Å². The predicted octanol–water partition coefficient (Wildman–Crippen LogP) is 1.07. The zero-order valence-corrected chi connectivity index (χ0v) is 16.3. The second-order valence-electron chi connectivity index (χ2n) is 6.76. The number of rotatable bonds is 3. The quantitative estimate of drug-likeness (QED) is 0.632. The third-order valence-electron chi connectivity index (χ3n) is 5.02. The van der Waals surface area contributed by atoms with Crippen LogP contribution in [0.2, 0.25) is 0 Å². The molecule has 0 amide bonds. The Hall–Kier alpha value is -2.69. The molecule has 28 heavy (non-hydrogen) atoms. The number of anilines is 3. The number of aromatic nitrogens is 6. The van der Waals surface area contributed by atoms with Crippen LogP contribution in [-0.2, 0) is 0 Å². The van der Waals surface area contributed by atoms with E-state index in [1.807, 2.05) is 17.8 Å². The van der Waals surface area contributed by atoms with Gasteiger partial charge in [0.1, 0.15) is 0 Å². The van der Waals surface area contributed by atoms with Crippen molar-refractivity contribution in [1.82, 2.24) is 30.2 Å². The largest absolute Gasteiger partial charge is 0.352 e. The van der Waals surface area contributed by atoms with Gasteiger partial charge in [-0.3, -0.25) is 0 Å². The fourth-order valence-electron chi connectivity index (χ4n) is 3.60. The van der Waals surface area contributed by atoms with Crippen LogP contribution < -0.4 is 14.7 Å². The summed E-state index contributed by atoms with van der Waals surface area (Å²) in [5.41, 5.74) is 0.920. The normalized spacial score (nSPS) is 18.5. The molecular weight excluding hydrogens is 378 g/mol. The second kappa shape index (κ2) is 7.74. The maximum absolute atomic E-state index is 4.86. The van der Waals surface area contributed by atoms with Crippen molar-refractivity contribution >= 4 is 40.6 Å². The summed E-state index contributed by atoms with van der Waals surface area (Å²) in [6.07, 6.45) is 4.56. The summed E-state index contributed by atoms with van der Waals surface area (Å²) in [5, 5.41) is 7.80. The average Bonchev–Trinajstić information content (AvgIpc) is 3.08. The van der Waals surface area contributed by atoms with Gasteiger partial charge < -0.3 is 14.7 Å². The molecule has 0 atom stereocenters. The molecule has 5 heterocycles. The third kappa shape index (κ3) is 3.41. The molecule has 0 aliphatic carbocycles. The lowest BCUT2D eigenvalue weighted by Gasteiger charge is -2.31. The van der Waals surface area contributed by atoms with Crippen molar-refractivity contribution in [2.45, 2.75) is 6.42 Å². The molecule has 0 spiro atoms. The topological polar surface area (TPSA) is 100 Å². The van der Waals surface area contributed by atoms with Crippen LogP contribution in [0.25, 0.3) is 11.3 Å². The number of hydrogen-bond donors (Lipinski definition) is 0. The first-order valence-electron chi connectivity index (χ1n) is 9.48. The van der Waals surface area contributed by atoms with Crippen molar-refractivity contribution in [3.05, 3.63) is 18.5 Å². The smallest absolute Gasteiger partial charge is 0.245 e. The van der Waals surface area contributed by atoms with Crippen LogP contribution in [0.3, 0.4) is 0 Å². The highest BCUT2D eigenvalue weighted by molar-refractivity contribution is 7.99. The Morgan fingerprint density at radius 3 is 2.07 bits per heavy atom. The summed E-state index contributed by atoms with van der Waals surface area (Å²) in [5.74, 6) is 4.71. The Bertz CT molecular complexity index is 931. The number of hydrogen-bond acceptors (Lipinski definition) is 11. The standard InChI is InChI=1S/C17H21N9OS/c1-3-18-17(19-4-1)26-6-2-5-24(7-8-26)15-16(25-9-11-28-12-10-25)21-14-13(20-15)22-27-23-14/h1,3-4H,2,5-12H2. The van der Waals surface area contributed by atoms with Crippen LogP contribution in [0.1, 0.15) is 6.42 Å². The Kier molecular flexibility index (Phi) is 4.81. The lowest BCUT2D eigenvalue weighted by molar-refractivity contribution is 0.314. The van der Waals surface area contributed by atoms with Gasteiger partial charge in [-0.05, 0) is 22.8 Å². The van der Waals surface area contributed by atoms with Crippen molar-refractivity contribution in [1.29, 1.82) is 0 Å². The van der Waals surface area contributed by atoms with Gasteiger partial charge in [0.15, 0.2) is 11.6 Å². The number of thioether (sulfide) groups is 1. The molecule has 2 aliphatic rings. The van der Waals surface area contributed by atoms with Gasteiger partial charge in [0, 0.05) is 63.2 Å². The maximum atomic E-state index is 4.86. The summed E-state index contributed by atoms with van der Waals surface area (Å²) in [4.78, 5) is 25.1. The molecule has 0 saturated carbocycles. The minimum Gasteiger partial charge on any atom is -0.352 e. The Labute approximate surface area is 166 Å². The monoisotopic (exact) mass is 399 g/mol. The summed E-state index contributed by atoms with van der Waals surface area (Å²) >= 11 is 1.97. The van der Waals surface area contributed by atoms with Crippen LogP contribution in [0, 0.1) is 0 Å². The molecule has 146 valence electrons. The fourth-order valence-corrected chi connectivity index (χ4v) is 4.51. The summed E-state index contributed by atoms with van der Waals surface area (Å²) < 4.78 is 4.86. The molecule has 2 saturated heterocycles. The van der Waals surface area contributed by atoms with Gasteiger partial charge in [0.2, 0.25) is 17.2 Å². The first-order valence-corrected chi connectivity index (χ1v) is 10.6. The number of nitrogens with zero attached hydrogens (tertiary/aromatic N) is 9. The van der Waals surface area contributed by atoms with Crippen molar-refractivity contribution in [3.8, 4) is 0 Å².